The van der Waals surface area contributed by atoms with Crippen molar-refractivity contribution in [2.45, 2.75) is 25.3 Å². The number of carbonyl (C=O) groups excluding carboxylic acids is 1. The first-order chi connectivity index (χ1) is 22.3. The van der Waals surface area contributed by atoms with E-state index in [2.05, 4.69) is 28.2 Å². The Labute approximate surface area is 281 Å². The fourth-order valence-corrected chi connectivity index (χ4v) is 6.67. The lowest BCUT2D eigenvalue weighted by Crippen LogP contribution is -2.45. The molecular formula is C35H41N7O2S2. The number of anilines is 2. The van der Waals surface area contributed by atoms with Gasteiger partial charge in [-0.05, 0) is 68.6 Å². The number of carbonyl (C=O) groups is 1. The third kappa shape index (κ3) is 8.06. The Morgan fingerprint density at radius 1 is 1.11 bits per heavy atom. The quantitative estimate of drug-likeness (QED) is 0.191. The minimum Gasteiger partial charge on any atom is -0.492 e. The maximum Gasteiger partial charge on any atom is 0.268 e. The van der Waals surface area contributed by atoms with E-state index in [1.165, 1.54) is 11.8 Å². The molecule has 0 bridgehead atoms. The van der Waals surface area contributed by atoms with Crippen LogP contribution < -0.4 is 15.0 Å². The second-order valence-electron chi connectivity index (χ2n) is 11.4. The number of piperazine rings is 1. The number of amidine groups is 1. The lowest BCUT2D eigenvalue weighted by atomic mass is 10.2. The minimum absolute atomic E-state index is 0.126. The van der Waals surface area contributed by atoms with Crippen molar-refractivity contribution in [3.05, 3.63) is 88.5 Å². The summed E-state index contributed by atoms with van der Waals surface area (Å²) in [6.07, 6.45) is 0. The maximum atomic E-state index is 14.1. The van der Waals surface area contributed by atoms with Crippen molar-refractivity contribution in [1.29, 1.82) is 5.26 Å². The van der Waals surface area contributed by atoms with E-state index in [1.54, 1.807) is 17.0 Å². The minimum atomic E-state index is -0.126. The molecule has 1 N–H and O–H groups in total. The van der Waals surface area contributed by atoms with Gasteiger partial charge in [0, 0.05) is 63.0 Å². The maximum absolute atomic E-state index is 14.1. The summed E-state index contributed by atoms with van der Waals surface area (Å²) in [6, 6.07) is 23.3. The van der Waals surface area contributed by atoms with Crippen LogP contribution in [0, 0.1) is 11.3 Å². The topological polar surface area (TPSA) is 87.4 Å². The number of rotatable bonds is 11. The molecular weight excluding hydrogens is 615 g/mol. The molecule has 3 aromatic carbocycles. The van der Waals surface area contributed by atoms with Gasteiger partial charge in [0.15, 0.2) is 5.17 Å². The number of ether oxygens (including phenoxy) is 1. The summed E-state index contributed by atoms with van der Waals surface area (Å²) >= 11 is 6.09. The highest BCUT2D eigenvalue weighted by Crippen LogP contribution is 2.40. The van der Waals surface area contributed by atoms with Crippen molar-refractivity contribution in [2.75, 3.05) is 70.2 Å². The third-order valence-corrected chi connectivity index (χ3v) is 9.72. The highest BCUT2D eigenvalue weighted by atomic mass is 32.2. The molecule has 2 aliphatic rings. The van der Waals surface area contributed by atoms with Gasteiger partial charge < -0.3 is 19.9 Å². The molecule has 0 atom stereocenters. The summed E-state index contributed by atoms with van der Waals surface area (Å²) in [5, 5.41) is 13.4. The number of nitrogens with one attached hydrogen (secondary N) is 1. The molecule has 11 heteroatoms. The fraction of sp³-hybridized carbons (Fsp3) is 0.343. The highest BCUT2D eigenvalue weighted by molar-refractivity contribution is 8.18. The largest absolute Gasteiger partial charge is 0.492 e. The van der Waals surface area contributed by atoms with Crippen LogP contribution in [0.4, 0.5) is 17.1 Å². The number of benzene rings is 3. The van der Waals surface area contributed by atoms with Crippen molar-refractivity contribution in [2.24, 2.45) is 4.99 Å². The average Bonchev–Trinajstić information content (AvgIpc) is 3.37. The molecule has 2 fully saturated rings. The number of likely N-dealkylation sites (N-methyl/N-ethyl adjacent to an activating group) is 1. The van der Waals surface area contributed by atoms with Crippen molar-refractivity contribution in [3.63, 3.8) is 0 Å². The molecule has 0 unspecified atom stereocenters. The van der Waals surface area contributed by atoms with Gasteiger partial charge in [0.1, 0.15) is 12.4 Å². The Balaban J connectivity index is 1.42. The Bertz CT molecular complexity index is 1650. The summed E-state index contributed by atoms with van der Waals surface area (Å²) < 4.78 is 6.16. The molecule has 2 saturated heterocycles. The van der Waals surface area contributed by atoms with Gasteiger partial charge in [0.05, 0.1) is 40.1 Å². The predicted octanol–water partition coefficient (Wildman–Crippen LogP) is 6.04. The molecule has 0 spiro atoms. The summed E-state index contributed by atoms with van der Waals surface area (Å²) in [4.78, 5) is 28.9. The zero-order valence-electron chi connectivity index (χ0n) is 26.9. The molecule has 0 radical (unpaired) electrons. The number of nitriles is 1. The molecule has 0 aromatic heterocycles. The van der Waals surface area contributed by atoms with Gasteiger partial charge in [-0.2, -0.15) is 5.26 Å². The van der Waals surface area contributed by atoms with E-state index in [0.717, 1.165) is 66.0 Å². The first-order valence-corrected chi connectivity index (χ1v) is 16.8. The van der Waals surface area contributed by atoms with E-state index in [0.29, 0.717) is 41.0 Å². The van der Waals surface area contributed by atoms with Crippen LogP contribution in [0.15, 0.2) is 87.2 Å². The summed E-state index contributed by atoms with van der Waals surface area (Å²) in [5.41, 5.74) is 4.53. The summed E-state index contributed by atoms with van der Waals surface area (Å²) in [6.45, 7) is 10.7. The number of thiol groups is 1. The van der Waals surface area contributed by atoms with Gasteiger partial charge in [-0.1, -0.05) is 30.3 Å². The molecule has 3 aromatic rings. The lowest BCUT2D eigenvalue weighted by molar-refractivity contribution is -0.122. The van der Waals surface area contributed by atoms with E-state index in [-0.39, 0.29) is 5.91 Å². The molecule has 2 aliphatic heterocycles. The number of thioether (sulfide) groups is 1. The zero-order valence-corrected chi connectivity index (χ0v) is 28.6. The van der Waals surface area contributed by atoms with Crippen LogP contribution in [0.2, 0.25) is 0 Å². The number of hydrogen-bond acceptors (Lipinski definition) is 10. The number of aliphatic imine (C=N–C) groups is 1. The molecule has 1 amide bonds. The summed E-state index contributed by atoms with van der Waals surface area (Å²) in [5.74, 6) is 0.636. The smallest absolute Gasteiger partial charge is 0.268 e. The molecule has 0 aliphatic carbocycles. The molecule has 0 saturated carbocycles. The van der Waals surface area contributed by atoms with Crippen molar-refractivity contribution in [1.82, 2.24) is 14.7 Å². The van der Waals surface area contributed by atoms with Crippen LogP contribution in [0.3, 0.4) is 0 Å². The average molecular weight is 656 g/mol. The first kappa shape index (κ1) is 33.4. The number of nitrogens with zero attached hydrogens (tertiary/aromatic N) is 6. The second kappa shape index (κ2) is 15.6. The zero-order chi connectivity index (χ0) is 32.6. The van der Waals surface area contributed by atoms with Crippen molar-refractivity contribution >= 4 is 52.5 Å². The van der Waals surface area contributed by atoms with Gasteiger partial charge in [0.2, 0.25) is 0 Å². The van der Waals surface area contributed by atoms with Gasteiger partial charge in [-0.25, -0.2) is 4.99 Å². The van der Waals surface area contributed by atoms with Crippen LogP contribution in [0.5, 0.6) is 5.75 Å². The molecule has 5 rings (SSSR count). The Kier molecular flexibility index (Phi) is 11.3. The number of allylic oxidation sites excluding steroid dienone is 1. The molecule has 9 nitrogen and oxygen atoms in total. The molecule has 2 heterocycles. The van der Waals surface area contributed by atoms with Crippen LogP contribution >= 0.6 is 24.4 Å². The van der Waals surface area contributed by atoms with E-state index in [9.17, 15) is 10.1 Å². The number of amides is 1. The van der Waals surface area contributed by atoms with E-state index in [1.807, 2.05) is 80.4 Å². The normalized spacial score (nSPS) is 17.7. The van der Waals surface area contributed by atoms with E-state index >= 15 is 0 Å². The second-order valence-corrected chi connectivity index (χ2v) is 12.8. The third-order valence-electron chi connectivity index (χ3n) is 8.17. The first-order valence-electron chi connectivity index (χ1n) is 15.5. The van der Waals surface area contributed by atoms with Crippen LogP contribution in [-0.2, 0) is 11.3 Å². The number of hydrogen-bond donors (Lipinski definition) is 2. The Morgan fingerprint density at radius 3 is 2.59 bits per heavy atom. The van der Waals surface area contributed by atoms with Crippen LogP contribution in [0.25, 0.3) is 0 Å². The van der Waals surface area contributed by atoms with Gasteiger partial charge in [0.25, 0.3) is 5.91 Å². The lowest BCUT2D eigenvalue weighted by Gasteiger charge is -2.32. The van der Waals surface area contributed by atoms with Gasteiger partial charge in [-0.3, -0.25) is 14.6 Å². The van der Waals surface area contributed by atoms with Gasteiger partial charge >= 0.3 is 0 Å². The van der Waals surface area contributed by atoms with Crippen LogP contribution in [-0.4, -0.2) is 85.7 Å². The molecule has 46 heavy (non-hydrogen) atoms. The van der Waals surface area contributed by atoms with Crippen molar-refractivity contribution < 1.29 is 9.53 Å². The Morgan fingerprint density at radius 2 is 1.87 bits per heavy atom. The van der Waals surface area contributed by atoms with Crippen molar-refractivity contribution in [3.8, 4) is 11.8 Å². The highest BCUT2D eigenvalue weighted by Gasteiger charge is 2.36. The van der Waals surface area contributed by atoms with Crippen LogP contribution in [0.1, 0.15) is 25.0 Å². The monoisotopic (exact) mass is 655 g/mol. The molecule has 240 valence electrons. The van der Waals surface area contributed by atoms with E-state index in [4.69, 9.17) is 22.4 Å². The van der Waals surface area contributed by atoms with Gasteiger partial charge in [-0.15, -0.1) is 12.6 Å². The Hall–Kier alpha value is -3.95. The van der Waals surface area contributed by atoms with E-state index < -0.39 is 0 Å². The fourth-order valence-electron chi connectivity index (χ4n) is 5.31. The SMILES string of the molecule is CCNc1ccc(C#N)cc1N=C1S/C(=C(\C)N(C)c2cc(OCCN3CCN(C)CC3)ccc2S)C(=O)N1Cc1ccccc1. The predicted molar refractivity (Wildman–Crippen MR) is 191 cm³/mol. The standard InChI is InChI=1S/C35H41N7O2S2/c1-5-37-29-13-11-27(23-36)21-30(29)38-35-42(24-26-9-7-6-8-10-26)34(43)33(46-35)25(2)40(4)31-22-28(12-14-32(31)45)44-20-19-41-17-15-39(3)16-18-41/h6-14,21-22,37,45H,5,15-20,24H2,1-4H3/b33-25+,38-35?. The summed E-state index contributed by atoms with van der Waals surface area (Å²) in [7, 11) is 4.10.